The van der Waals surface area contributed by atoms with E-state index in [-0.39, 0.29) is 10.8 Å². The third-order valence-electron chi connectivity index (χ3n) is 3.62. The van der Waals surface area contributed by atoms with Crippen molar-refractivity contribution >= 4 is 40.8 Å². The van der Waals surface area contributed by atoms with Gasteiger partial charge in [0, 0.05) is 35.3 Å². The lowest BCUT2D eigenvalue weighted by Gasteiger charge is -2.21. The minimum absolute atomic E-state index is 0.0318. The Labute approximate surface area is 160 Å². The molecule has 1 aliphatic rings. The molecule has 3 heterocycles. The minimum Gasteiger partial charge on any atom is -0.381 e. The van der Waals surface area contributed by atoms with E-state index in [2.05, 4.69) is 15.4 Å². The zero-order chi connectivity index (χ0) is 18.7. The molecule has 3 rings (SSSR count). The van der Waals surface area contributed by atoms with Crippen molar-refractivity contribution in [2.75, 3.05) is 29.1 Å². The third kappa shape index (κ3) is 4.47. The minimum atomic E-state index is -4.50. The Morgan fingerprint density at radius 3 is 2.73 bits per heavy atom. The van der Waals surface area contributed by atoms with Crippen LogP contribution < -0.4 is 10.9 Å². The van der Waals surface area contributed by atoms with E-state index in [0.29, 0.717) is 23.7 Å². The maximum atomic E-state index is 12.6. The van der Waals surface area contributed by atoms with E-state index in [1.54, 1.807) is 0 Å². The maximum absolute atomic E-state index is 12.6. The van der Waals surface area contributed by atoms with Crippen molar-refractivity contribution in [1.82, 2.24) is 14.8 Å². The Bertz CT molecular complexity index is 823. The number of halogens is 4. The number of thioether (sulfide) groups is 2. The highest BCUT2D eigenvalue weighted by molar-refractivity contribution is 8.06. The fourth-order valence-electron chi connectivity index (χ4n) is 2.28. The predicted molar refractivity (Wildman–Crippen MR) is 99.7 cm³/mol. The Balaban J connectivity index is 1.77. The van der Waals surface area contributed by atoms with Gasteiger partial charge < -0.3 is 5.32 Å². The highest BCUT2D eigenvalue weighted by Crippen LogP contribution is 2.29. The molecule has 0 aromatic carbocycles. The van der Waals surface area contributed by atoms with Gasteiger partial charge in [-0.15, -0.1) is 0 Å². The molecule has 1 atom stereocenters. The topological polar surface area (TPSA) is 59.8 Å². The number of hydrogen-bond acceptors (Lipinski definition) is 6. The second-order valence-electron chi connectivity index (χ2n) is 5.44. The Morgan fingerprint density at radius 1 is 1.31 bits per heavy atom. The summed E-state index contributed by atoms with van der Waals surface area (Å²) < 4.78 is 38.7. The highest BCUT2D eigenvalue weighted by Gasteiger charge is 2.30. The van der Waals surface area contributed by atoms with Gasteiger partial charge in [-0.1, -0.05) is 11.6 Å². The number of anilines is 1. The molecule has 0 bridgehead atoms. The van der Waals surface area contributed by atoms with E-state index in [0.717, 1.165) is 34.1 Å². The van der Waals surface area contributed by atoms with E-state index >= 15 is 0 Å². The average Bonchev–Trinajstić information content (AvgIpc) is 2.63. The quantitative estimate of drug-likeness (QED) is 0.813. The van der Waals surface area contributed by atoms with Crippen LogP contribution in [0.4, 0.5) is 18.9 Å². The first-order valence-corrected chi connectivity index (χ1v) is 10.2. The van der Waals surface area contributed by atoms with E-state index in [4.69, 9.17) is 11.6 Å². The summed E-state index contributed by atoms with van der Waals surface area (Å²) in [5.41, 5.74) is -1.15. The summed E-state index contributed by atoms with van der Waals surface area (Å²) in [6, 6.07) is 1.92. The van der Waals surface area contributed by atoms with Crippen LogP contribution in [0.2, 0.25) is 5.02 Å². The summed E-state index contributed by atoms with van der Waals surface area (Å²) >= 11 is 9.86. The fraction of sp³-hybridized carbons (Fsp3) is 0.400. The first kappa shape index (κ1) is 19.4. The van der Waals surface area contributed by atoms with Gasteiger partial charge >= 0.3 is 6.18 Å². The summed E-state index contributed by atoms with van der Waals surface area (Å²) in [5.74, 6) is 3.22. The lowest BCUT2D eigenvalue weighted by atomic mass is 10.3. The second kappa shape index (κ2) is 8.10. The van der Waals surface area contributed by atoms with Crippen molar-refractivity contribution in [3.63, 3.8) is 0 Å². The van der Waals surface area contributed by atoms with Gasteiger partial charge in [0.1, 0.15) is 5.02 Å². The summed E-state index contributed by atoms with van der Waals surface area (Å²) in [6.45, 7) is 0.654. The molecule has 1 N–H and O–H groups in total. The Hall–Kier alpha value is -1.39. The van der Waals surface area contributed by atoms with Crippen molar-refractivity contribution in [1.29, 1.82) is 0 Å². The summed E-state index contributed by atoms with van der Waals surface area (Å²) in [4.78, 5) is 16.0. The molecule has 2 aromatic heterocycles. The van der Waals surface area contributed by atoms with Crippen LogP contribution in [-0.2, 0) is 6.18 Å². The number of nitrogens with zero attached hydrogens (tertiary/aromatic N) is 3. The van der Waals surface area contributed by atoms with Crippen LogP contribution >= 0.6 is 35.1 Å². The monoisotopic (exact) mass is 422 g/mol. The molecule has 2 aromatic rings. The summed E-state index contributed by atoms with van der Waals surface area (Å²) in [5, 5.41) is 7.43. The van der Waals surface area contributed by atoms with Crippen molar-refractivity contribution in [3.05, 3.63) is 45.5 Å². The molecule has 1 aliphatic heterocycles. The van der Waals surface area contributed by atoms with Crippen LogP contribution in [-0.4, -0.2) is 43.8 Å². The zero-order valence-corrected chi connectivity index (χ0v) is 15.7. The molecule has 1 fully saturated rings. The van der Waals surface area contributed by atoms with Gasteiger partial charge in [0.2, 0.25) is 0 Å². The first-order chi connectivity index (χ1) is 12.4. The number of hydrogen-bond donors (Lipinski definition) is 1. The lowest BCUT2D eigenvalue weighted by Crippen LogP contribution is -2.27. The van der Waals surface area contributed by atoms with Crippen LogP contribution in [0.3, 0.4) is 0 Å². The van der Waals surface area contributed by atoms with Crippen LogP contribution in [0.5, 0.6) is 0 Å². The van der Waals surface area contributed by atoms with Gasteiger partial charge in [0.05, 0.1) is 17.4 Å². The van der Waals surface area contributed by atoms with Gasteiger partial charge in [-0.3, -0.25) is 4.79 Å². The average molecular weight is 423 g/mol. The molecule has 0 saturated carbocycles. The zero-order valence-electron chi connectivity index (χ0n) is 13.3. The second-order valence-corrected chi connectivity index (χ2v) is 8.38. The first-order valence-electron chi connectivity index (χ1n) is 7.61. The van der Waals surface area contributed by atoms with Gasteiger partial charge in [0.15, 0.2) is 5.82 Å². The molecule has 140 valence electrons. The van der Waals surface area contributed by atoms with Gasteiger partial charge in [-0.25, -0.2) is 4.98 Å². The molecule has 11 heteroatoms. The molecule has 0 spiro atoms. The molecular formula is C15H14ClF3N4OS2. The molecule has 5 nitrogen and oxygen atoms in total. The highest BCUT2D eigenvalue weighted by atomic mass is 35.5. The van der Waals surface area contributed by atoms with E-state index in [1.165, 1.54) is 6.20 Å². The number of nitrogens with one attached hydrogen (secondary N) is 1. The van der Waals surface area contributed by atoms with Crippen LogP contribution in [0.1, 0.15) is 5.56 Å². The number of aromatic nitrogens is 3. The largest absolute Gasteiger partial charge is 0.417 e. The standard InChI is InChI=1S/C15H14ClF3N4OS2/c16-13-11(20-6-10-8-25-3-4-26-10)7-22-23(14(13)24)12-2-1-9(5-21-12)15(17,18)19/h1-2,5,7,10,20H,3-4,6,8H2. The molecular weight excluding hydrogens is 409 g/mol. The summed E-state index contributed by atoms with van der Waals surface area (Å²) in [6.07, 6.45) is -2.46. The van der Waals surface area contributed by atoms with Crippen LogP contribution in [0, 0.1) is 0 Å². The van der Waals surface area contributed by atoms with Crippen molar-refractivity contribution in [2.45, 2.75) is 11.4 Å². The van der Waals surface area contributed by atoms with E-state index < -0.39 is 17.3 Å². The molecule has 1 saturated heterocycles. The number of rotatable bonds is 4. The fourth-order valence-corrected chi connectivity index (χ4v) is 5.08. The maximum Gasteiger partial charge on any atom is 0.417 e. The van der Waals surface area contributed by atoms with Crippen molar-refractivity contribution in [2.24, 2.45) is 0 Å². The van der Waals surface area contributed by atoms with E-state index in [1.807, 2.05) is 23.5 Å². The Morgan fingerprint density at radius 2 is 2.12 bits per heavy atom. The smallest absolute Gasteiger partial charge is 0.381 e. The molecule has 26 heavy (non-hydrogen) atoms. The normalized spacial score (nSPS) is 17.9. The van der Waals surface area contributed by atoms with Gasteiger partial charge in [-0.05, 0) is 12.1 Å². The molecule has 0 amide bonds. The summed E-state index contributed by atoms with van der Waals surface area (Å²) in [7, 11) is 0. The number of pyridine rings is 1. The SMILES string of the molecule is O=c1c(Cl)c(NCC2CSCCS2)cnn1-c1ccc(C(F)(F)F)cn1. The molecule has 1 unspecified atom stereocenters. The van der Waals surface area contributed by atoms with E-state index in [9.17, 15) is 18.0 Å². The van der Waals surface area contributed by atoms with Crippen molar-refractivity contribution < 1.29 is 13.2 Å². The van der Waals surface area contributed by atoms with Crippen LogP contribution in [0.25, 0.3) is 5.82 Å². The molecule has 0 radical (unpaired) electrons. The lowest BCUT2D eigenvalue weighted by molar-refractivity contribution is -0.137. The number of alkyl halides is 3. The van der Waals surface area contributed by atoms with Crippen molar-refractivity contribution in [3.8, 4) is 5.82 Å². The van der Waals surface area contributed by atoms with Gasteiger partial charge in [0.25, 0.3) is 5.56 Å². The third-order valence-corrected chi connectivity index (χ3v) is 6.83. The van der Waals surface area contributed by atoms with Crippen LogP contribution in [0.15, 0.2) is 29.3 Å². The van der Waals surface area contributed by atoms with Gasteiger partial charge in [-0.2, -0.15) is 46.5 Å². The predicted octanol–water partition coefficient (Wildman–Crippen LogP) is 3.56. The Kier molecular flexibility index (Phi) is 6.03. The molecule has 0 aliphatic carbocycles.